The van der Waals surface area contributed by atoms with Crippen molar-refractivity contribution in [3.8, 4) is 5.75 Å². The SMILES string of the molecule is Cc1ccc(CNC(=O)NCCOc2ccc(Cl)cc2C)cc1. The third kappa shape index (κ3) is 5.83. The molecule has 0 spiro atoms. The van der Waals surface area contributed by atoms with E-state index in [1.54, 1.807) is 6.07 Å². The zero-order valence-electron chi connectivity index (χ0n) is 13.4. The summed E-state index contributed by atoms with van der Waals surface area (Å²) in [5.41, 5.74) is 3.24. The van der Waals surface area contributed by atoms with E-state index in [9.17, 15) is 4.79 Å². The van der Waals surface area contributed by atoms with Gasteiger partial charge in [0.15, 0.2) is 0 Å². The van der Waals surface area contributed by atoms with Crippen LogP contribution in [0.2, 0.25) is 5.02 Å². The highest BCUT2D eigenvalue weighted by molar-refractivity contribution is 6.30. The molecule has 0 bridgehead atoms. The molecule has 0 atom stereocenters. The molecule has 0 heterocycles. The van der Waals surface area contributed by atoms with Crippen LogP contribution < -0.4 is 15.4 Å². The number of nitrogens with one attached hydrogen (secondary N) is 2. The molecular formula is C18H21ClN2O2. The molecule has 2 aromatic rings. The maximum Gasteiger partial charge on any atom is 0.315 e. The molecule has 23 heavy (non-hydrogen) atoms. The summed E-state index contributed by atoms with van der Waals surface area (Å²) in [7, 11) is 0. The normalized spacial score (nSPS) is 10.2. The van der Waals surface area contributed by atoms with Gasteiger partial charge in [0.05, 0.1) is 6.54 Å². The van der Waals surface area contributed by atoms with Crippen LogP contribution in [0.1, 0.15) is 16.7 Å². The summed E-state index contributed by atoms with van der Waals surface area (Å²) in [6.45, 7) is 5.31. The molecule has 0 radical (unpaired) electrons. The van der Waals surface area contributed by atoms with E-state index in [4.69, 9.17) is 16.3 Å². The third-order valence-corrected chi connectivity index (χ3v) is 3.59. The fourth-order valence-electron chi connectivity index (χ4n) is 2.05. The first kappa shape index (κ1) is 17.2. The Morgan fingerprint density at radius 3 is 2.52 bits per heavy atom. The zero-order valence-corrected chi connectivity index (χ0v) is 14.1. The highest BCUT2D eigenvalue weighted by Gasteiger charge is 2.02. The standard InChI is InChI=1S/C18H21ClN2O2/c1-13-3-5-15(6-4-13)12-21-18(22)20-9-10-23-17-8-7-16(19)11-14(17)2/h3-8,11H,9-10,12H2,1-2H3,(H2,20,21,22). The van der Waals surface area contributed by atoms with E-state index in [1.165, 1.54) is 5.56 Å². The highest BCUT2D eigenvalue weighted by Crippen LogP contribution is 2.21. The van der Waals surface area contributed by atoms with Gasteiger partial charge in [-0.15, -0.1) is 0 Å². The lowest BCUT2D eigenvalue weighted by Gasteiger charge is -2.11. The van der Waals surface area contributed by atoms with Crippen LogP contribution in [0.3, 0.4) is 0 Å². The van der Waals surface area contributed by atoms with E-state index >= 15 is 0 Å². The van der Waals surface area contributed by atoms with Crippen molar-refractivity contribution in [2.45, 2.75) is 20.4 Å². The lowest BCUT2D eigenvalue weighted by Crippen LogP contribution is -2.37. The van der Waals surface area contributed by atoms with Crippen LogP contribution in [0.4, 0.5) is 4.79 Å². The van der Waals surface area contributed by atoms with Gasteiger partial charge in [-0.2, -0.15) is 0 Å². The van der Waals surface area contributed by atoms with Gasteiger partial charge in [0.1, 0.15) is 12.4 Å². The summed E-state index contributed by atoms with van der Waals surface area (Å²) < 4.78 is 5.62. The molecule has 2 amide bonds. The third-order valence-electron chi connectivity index (χ3n) is 3.36. The number of rotatable bonds is 6. The number of benzene rings is 2. The predicted octanol–water partition coefficient (Wildman–Crippen LogP) is 3.84. The van der Waals surface area contributed by atoms with E-state index in [0.29, 0.717) is 24.7 Å². The van der Waals surface area contributed by atoms with Crippen molar-refractivity contribution in [3.05, 3.63) is 64.2 Å². The first-order valence-corrected chi connectivity index (χ1v) is 7.88. The Bertz CT molecular complexity index is 657. The molecule has 5 heteroatoms. The zero-order chi connectivity index (χ0) is 16.7. The topological polar surface area (TPSA) is 50.4 Å². The molecule has 4 nitrogen and oxygen atoms in total. The Morgan fingerprint density at radius 1 is 1.09 bits per heavy atom. The van der Waals surface area contributed by atoms with Crippen molar-refractivity contribution in [1.29, 1.82) is 0 Å². The molecule has 122 valence electrons. The van der Waals surface area contributed by atoms with Crippen molar-refractivity contribution >= 4 is 17.6 Å². The summed E-state index contributed by atoms with van der Waals surface area (Å²) in [5, 5.41) is 6.26. The van der Waals surface area contributed by atoms with Crippen LogP contribution in [0.25, 0.3) is 0 Å². The van der Waals surface area contributed by atoms with Gasteiger partial charge in [-0.1, -0.05) is 41.4 Å². The van der Waals surface area contributed by atoms with E-state index < -0.39 is 0 Å². The number of hydrogen-bond acceptors (Lipinski definition) is 2. The summed E-state index contributed by atoms with van der Waals surface area (Å²) in [6.07, 6.45) is 0. The van der Waals surface area contributed by atoms with Crippen molar-refractivity contribution < 1.29 is 9.53 Å². The summed E-state index contributed by atoms with van der Waals surface area (Å²) in [4.78, 5) is 11.7. The summed E-state index contributed by atoms with van der Waals surface area (Å²) >= 11 is 5.89. The minimum atomic E-state index is -0.206. The quantitative estimate of drug-likeness (QED) is 0.790. The molecule has 2 N–H and O–H groups in total. The van der Waals surface area contributed by atoms with Crippen LogP contribution >= 0.6 is 11.6 Å². The number of amides is 2. The van der Waals surface area contributed by atoms with Gasteiger partial charge < -0.3 is 15.4 Å². The van der Waals surface area contributed by atoms with Gasteiger partial charge in [-0.3, -0.25) is 0 Å². The monoisotopic (exact) mass is 332 g/mol. The van der Waals surface area contributed by atoms with Gasteiger partial charge in [-0.25, -0.2) is 4.79 Å². The first-order valence-electron chi connectivity index (χ1n) is 7.51. The van der Waals surface area contributed by atoms with Gasteiger partial charge in [-0.05, 0) is 43.2 Å². The number of carbonyl (C=O) groups excluding carboxylic acids is 1. The average molecular weight is 333 g/mol. The van der Waals surface area contributed by atoms with Crippen LogP contribution in [0.5, 0.6) is 5.75 Å². The molecular weight excluding hydrogens is 312 g/mol. The van der Waals surface area contributed by atoms with Crippen LogP contribution in [0, 0.1) is 13.8 Å². The number of halogens is 1. The molecule has 0 aliphatic heterocycles. The van der Waals surface area contributed by atoms with E-state index in [2.05, 4.69) is 10.6 Å². The molecule has 0 aliphatic carbocycles. The Morgan fingerprint density at radius 2 is 1.83 bits per heavy atom. The lowest BCUT2D eigenvalue weighted by molar-refractivity contribution is 0.236. The second-order valence-corrected chi connectivity index (χ2v) is 5.79. The Kier molecular flexibility index (Phi) is 6.29. The van der Waals surface area contributed by atoms with E-state index in [1.807, 2.05) is 50.2 Å². The van der Waals surface area contributed by atoms with Crippen LogP contribution in [-0.4, -0.2) is 19.2 Å². The molecule has 0 aliphatic rings. The number of hydrogen-bond donors (Lipinski definition) is 2. The van der Waals surface area contributed by atoms with Gasteiger partial charge in [0.25, 0.3) is 0 Å². The van der Waals surface area contributed by atoms with Gasteiger partial charge in [0.2, 0.25) is 0 Å². The lowest BCUT2D eigenvalue weighted by atomic mass is 10.1. The second-order valence-electron chi connectivity index (χ2n) is 5.35. The van der Waals surface area contributed by atoms with E-state index in [0.717, 1.165) is 16.9 Å². The summed E-state index contributed by atoms with van der Waals surface area (Å²) in [6, 6.07) is 13.3. The molecule has 2 aromatic carbocycles. The predicted molar refractivity (Wildman–Crippen MR) is 93.1 cm³/mol. The fourth-order valence-corrected chi connectivity index (χ4v) is 2.28. The second kappa shape index (κ2) is 8.44. The first-order chi connectivity index (χ1) is 11.0. The van der Waals surface area contributed by atoms with Crippen molar-refractivity contribution in [1.82, 2.24) is 10.6 Å². The van der Waals surface area contributed by atoms with Gasteiger partial charge >= 0.3 is 6.03 Å². The Balaban J connectivity index is 1.65. The van der Waals surface area contributed by atoms with Crippen LogP contribution in [0.15, 0.2) is 42.5 Å². The highest BCUT2D eigenvalue weighted by atomic mass is 35.5. The molecule has 0 saturated carbocycles. The average Bonchev–Trinajstić information content (AvgIpc) is 2.52. The minimum Gasteiger partial charge on any atom is -0.491 e. The van der Waals surface area contributed by atoms with Crippen molar-refractivity contribution in [3.63, 3.8) is 0 Å². The van der Waals surface area contributed by atoms with Gasteiger partial charge in [0, 0.05) is 11.6 Å². The fraction of sp³-hybridized carbons (Fsp3) is 0.278. The van der Waals surface area contributed by atoms with Crippen LogP contribution in [-0.2, 0) is 6.54 Å². The maximum atomic E-state index is 11.7. The van der Waals surface area contributed by atoms with Crippen molar-refractivity contribution in [2.75, 3.05) is 13.2 Å². The van der Waals surface area contributed by atoms with E-state index in [-0.39, 0.29) is 6.03 Å². The molecule has 0 saturated heterocycles. The number of urea groups is 1. The maximum absolute atomic E-state index is 11.7. The molecule has 0 unspecified atom stereocenters. The largest absolute Gasteiger partial charge is 0.491 e. The smallest absolute Gasteiger partial charge is 0.315 e. The molecule has 0 aromatic heterocycles. The van der Waals surface area contributed by atoms with Crippen molar-refractivity contribution in [2.24, 2.45) is 0 Å². The molecule has 0 fully saturated rings. The minimum absolute atomic E-state index is 0.206. The number of aryl methyl sites for hydroxylation is 2. The Labute approximate surface area is 141 Å². The summed E-state index contributed by atoms with van der Waals surface area (Å²) in [5.74, 6) is 0.774. The Hall–Kier alpha value is -2.20. The number of carbonyl (C=O) groups is 1. The number of ether oxygens (including phenoxy) is 1. The molecule has 2 rings (SSSR count).